The second-order valence-corrected chi connectivity index (χ2v) is 7.78. The topological polar surface area (TPSA) is 70.5 Å². The maximum absolute atomic E-state index is 12.7. The number of urea groups is 1. The molecule has 7 heteroatoms. The number of rotatable bonds is 7. The van der Waals surface area contributed by atoms with E-state index < -0.39 is 0 Å². The van der Waals surface area contributed by atoms with Crippen molar-refractivity contribution < 1.29 is 9.59 Å². The molecule has 7 nitrogen and oxygen atoms in total. The fourth-order valence-corrected chi connectivity index (χ4v) is 3.95. The summed E-state index contributed by atoms with van der Waals surface area (Å²) in [5, 5.41) is 3.03. The Labute approximate surface area is 162 Å². The standard InChI is InChI=1S/C20H33N5O2/c1-3-9-22-20(27)25(15-14-23-13-10-21-16(23)2)18-7-11-24(12-8-18)19(26)17-5-4-6-17/h10,13,17-18H,3-9,11-12,14-15H2,1-2H3,(H,22,27). The van der Waals surface area contributed by atoms with Crippen molar-refractivity contribution in [1.82, 2.24) is 24.7 Å². The fraction of sp³-hybridized carbons (Fsp3) is 0.750. The Morgan fingerprint density at radius 2 is 2.00 bits per heavy atom. The number of carbonyl (C=O) groups excluding carboxylic acids is 2. The van der Waals surface area contributed by atoms with Gasteiger partial charge in [0.05, 0.1) is 0 Å². The van der Waals surface area contributed by atoms with Gasteiger partial charge in [0.1, 0.15) is 5.82 Å². The van der Waals surface area contributed by atoms with Gasteiger partial charge in [-0.25, -0.2) is 9.78 Å². The molecule has 0 spiro atoms. The first-order valence-corrected chi connectivity index (χ1v) is 10.4. The van der Waals surface area contributed by atoms with Crippen LogP contribution in [0.25, 0.3) is 0 Å². The van der Waals surface area contributed by atoms with Crippen LogP contribution in [-0.2, 0) is 11.3 Å². The number of hydrogen-bond donors (Lipinski definition) is 1. The van der Waals surface area contributed by atoms with Crippen molar-refractivity contribution in [3.8, 4) is 0 Å². The van der Waals surface area contributed by atoms with Crippen molar-refractivity contribution in [3.63, 3.8) is 0 Å². The third kappa shape index (κ3) is 4.82. The lowest BCUT2D eigenvalue weighted by Gasteiger charge is -2.40. The summed E-state index contributed by atoms with van der Waals surface area (Å²) >= 11 is 0. The maximum Gasteiger partial charge on any atom is 0.317 e. The molecule has 1 aromatic rings. The Morgan fingerprint density at radius 3 is 2.56 bits per heavy atom. The zero-order valence-corrected chi connectivity index (χ0v) is 16.7. The van der Waals surface area contributed by atoms with E-state index in [0.29, 0.717) is 19.0 Å². The highest BCUT2D eigenvalue weighted by atomic mass is 16.2. The van der Waals surface area contributed by atoms with E-state index in [-0.39, 0.29) is 18.0 Å². The Hall–Kier alpha value is -2.05. The van der Waals surface area contributed by atoms with E-state index in [9.17, 15) is 9.59 Å². The van der Waals surface area contributed by atoms with Gasteiger partial charge in [-0.1, -0.05) is 13.3 Å². The molecule has 3 rings (SSSR count). The van der Waals surface area contributed by atoms with Gasteiger partial charge in [-0.2, -0.15) is 0 Å². The number of aromatic nitrogens is 2. The summed E-state index contributed by atoms with van der Waals surface area (Å²) < 4.78 is 2.08. The smallest absolute Gasteiger partial charge is 0.317 e. The van der Waals surface area contributed by atoms with Gasteiger partial charge in [-0.05, 0) is 39.0 Å². The van der Waals surface area contributed by atoms with Gasteiger partial charge < -0.3 is 19.7 Å². The lowest BCUT2D eigenvalue weighted by molar-refractivity contribution is -0.139. The highest BCUT2D eigenvalue weighted by molar-refractivity contribution is 5.79. The van der Waals surface area contributed by atoms with Gasteiger partial charge in [0.2, 0.25) is 5.91 Å². The lowest BCUT2D eigenvalue weighted by Crippen LogP contribution is -2.53. The maximum atomic E-state index is 12.7. The van der Waals surface area contributed by atoms with Gasteiger partial charge in [0, 0.05) is 57.1 Å². The molecule has 0 unspecified atom stereocenters. The predicted molar refractivity (Wildman–Crippen MR) is 104 cm³/mol. The van der Waals surface area contributed by atoms with Crippen LogP contribution in [0.3, 0.4) is 0 Å². The fourth-order valence-electron chi connectivity index (χ4n) is 3.95. The molecule has 1 saturated heterocycles. The first kappa shape index (κ1) is 19.7. The van der Waals surface area contributed by atoms with Crippen LogP contribution in [0.15, 0.2) is 12.4 Å². The normalized spacial score (nSPS) is 18.2. The molecule has 2 heterocycles. The summed E-state index contributed by atoms with van der Waals surface area (Å²) in [7, 11) is 0. The van der Waals surface area contributed by atoms with E-state index in [1.807, 2.05) is 22.9 Å². The third-order valence-corrected chi connectivity index (χ3v) is 5.96. The molecule has 0 bridgehead atoms. The Bertz CT molecular complexity index is 632. The summed E-state index contributed by atoms with van der Waals surface area (Å²) in [5.74, 6) is 1.55. The predicted octanol–water partition coefficient (Wildman–Crippen LogP) is 2.40. The first-order chi connectivity index (χ1) is 13.1. The van der Waals surface area contributed by atoms with Crippen LogP contribution >= 0.6 is 0 Å². The van der Waals surface area contributed by atoms with Crippen molar-refractivity contribution in [2.45, 2.75) is 65.0 Å². The number of hydrogen-bond acceptors (Lipinski definition) is 3. The van der Waals surface area contributed by atoms with Crippen LogP contribution < -0.4 is 5.32 Å². The van der Waals surface area contributed by atoms with E-state index in [0.717, 1.165) is 57.6 Å². The molecular weight excluding hydrogens is 342 g/mol. The van der Waals surface area contributed by atoms with E-state index in [1.54, 1.807) is 6.20 Å². The number of likely N-dealkylation sites (tertiary alicyclic amines) is 1. The van der Waals surface area contributed by atoms with Crippen LogP contribution in [0, 0.1) is 12.8 Å². The van der Waals surface area contributed by atoms with Gasteiger partial charge >= 0.3 is 6.03 Å². The van der Waals surface area contributed by atoms with E-state index in [1.165, 1.54) is 6.42 Å². The number of piperidine rings is 1. The summed E-state index contributed by atoms with van der Waals surface area (Å²) in [6.45, 7) is 7.67. The SMILES string of the molecule is CCCNC(=O)N(CCn1ccnc1C)C1CCN(C(=O)C2CCC2)CC1. The second kappa shape index (κ2) is 9.24. The zero-order chi connectivity index (χ0) is 19.2. The second-order valence-electron chi connectivity index (χ2n) is 7.78. The molecule has 1 aromatic heterocycles. The molecule has 2 fully saturated rings. The molecule has 0 aromatic carbocycles. The summed E-state index contributed by atoms with van der Waals surface area (Å²) in [6.07, 6.45) is 9.68. The van der Waals surface area contributed by atoms with Crippen molar-refractivity contribution in [1.29, 1.82) is 0 Å². The highest BCUT2D eigenvalue weighted by Gasteiger charge is 2.34. The molecule has 150 valence electrons. The highest BCUT2D eigenvalue weighted by Crippen LogP contribution is 2.29. The minimum atomic E-state index is 0.0124. The molecule has 1 aliphatic heterocycles. The van der Waals surface area contributed by atoms with Crippen molar-refractivity contribution in [3.05, 3.63) is 18.2 Å². The Kier molecular flexibility index (Phi) is 6.74. The van der Waals surface area contributed by atoms with Gasteiger partial charge in [-0.15, -0.1) is 0 Å². The number of nitrogens with one attached hydrogen (secondary N) is 1. The minimum Gasteiger partial charge on any atom is -0.342 e. The van der Waals surface area contributed by atoms with Crippen molar-refractivity contribution in [2.24, 2.45) is 5.92 Å². The van der Waals surface area contributed by atoms with Gasteiger partial charge in [0.15, 0.2) is 0 Å². The summed E-state index contributed by atoms with van der Waals surface area (Å²) in [6, 6.07) is 0.203. The lowest BCUT2D eigenvalue weighted by atomic mass is 9.84. The average Bonchev–Trinajstić information content (AvgIpc) is 3.04. The van der Waals surface area contributed by atoms with Gasteiger partial charge in [-0.3, -0.25) is 4.79 Å². The molecule has 1 saturated carbocycles. The monoisotopic (exact) mass is 375 g/mol. The summed E-state index contributed by atoms with van der Waals surface area (Å²) in [5.41, 5.74) is 0. The van der Waals surface area contributed by atoms with Crippen molar-refractivity contribution in [2.75, 3.05) is 26.2 Å². The van der Waals surface area contributed by atoms with E-state index in [4.69, 9.17) is 0 Å². The summed E-state index contributed by atoms with van der Waals surface area (Å²) in [4.78, 5) is 33.5. The van der Waals surface area contributed by atoms with Crippen LogP contribution in [0.1, 0.15) is 51.3 Å². The average molecular weight is 376 g/mol. The minimum absolute atomic E-state index is 0.0124. The number of nitrogens with zero attached hydrogens (tertiary/aromatic N) is 4. The molecule has 1 N–H and O–H groups in total. The number of amides is 3. The number of aryl methyl sites for hydroxylation is 1. The zero-order valence-electron chi connectivity index (χ0n) is 16.7. The number of imidazole rings is 1. The quantitative estimate of drug-likeness (QED) is 0.796. The van der Waals surface area contributed by atoms with Crippen LogP contribution in [0.4, 0.5) is 4.79 Å². The van der Waals surface area contributed by atoms with Crippen LogP contribution in [0.2, 0.25) is 0 Å². The Balaban J connectivity index is 1.57. The van der Waals surface area contributed by atoms with Crippen LogP contribution in [0.5, 0.6) is 0 Å². The molecular formula is C20H33N5O2. The van der Waals surface area contributed by atoms with E-state index in [2.05, 4.69) is 21.8 Å². The van der Waals surface area contributed by atoms with Crippen molar-refractivity contribution >= 4 is 11.9 Å². The third-order valence-electron chi connectivity index (χ3n) is 5.96. The first-order valence-electron chi connectivity index (χ1n) is 10.4. The molecule has 0 radical (unpaired) electrons. The molecule has 0 atom stereocenters. The largest absolute Gasteiger partial charge is 0.342 e. The van der Waals surface area contributed by atoms with Crippen LogP contribution in [-0.4, -0.2) is 63.5 Å². The molecule has 1 aliphatic carbocycles. The number of carbonyl (C=O) groups is 2. The Morgan fingerprint density at radius 1 is 1.26 bits per heavy atom. The molecule has 2 aliphatic rings. The molecule has 27 heavy (non-hydrogen) atoms. The van der Waals surface area contributed by atoms with E-state index >= 15 is 0 Å². The molecule has 3 amide bonds. The van der Waals surface area contributed by atoms with Gasteiger partial charge in [0.25, 0.3) is 0 Å².